The molecule has 2 unspecified atom stereocenters. The summed E-state index contributed by atoms with van der Waals surface area (Å²) in [5.74, 6) is 0.530. The third-order valence-corrected chi connectivity index (χ3v) is 3.11. The van der Waals surface area contributed by atoms with Crippen molar-refractivity contribution in [3.8, 4) is 0 Å². The van der Waals surface area contributed by atoms with Gasteiger partial charge in [0.15, 0.2) is 0 Å². The van der Waals surface area contributed by atoms with Crippen LogP contribution in [0.1, 0.15) is 24.3 Å². The number of rotatable bonds is 1. The Hall–Kier alpha value is -0.860. The van der Waals surface area contributed by atoms with Crippen molar-refractivity contribution in [1.29, 1.82) is 0 Å². The second kappa shape index (κ2) is 4.11. The van der Waals surface area contributed by atoms with Crippen LogP contribution in [0.3, 0.4) is 0 Å². The van der Waals surface area contributed by atoms with Gasteiger partial charge in [-0.25, -0.2) is 0 Å². The molecule has 1 aromatic rings. The molecule has 1 N–H and O–H groups in total. The average Bonchev–Trinajstić information content (AvgIpc) is 2.23. The molecule has 14 heavy (non-hydrogen) atoms. The van der Waals surface area contributed by atoms with Crippen molar-refractivity contribution >= 4 is 0 Å². The molecule has 1 heterocycles. The summed E-state index contributed by atoms with van der Waals surface area (Å²) in [5, 5.41) is 9.74. The number of benzene rings is 1. The van der Waals surface area contributed by atoms with Gasteiger partial charge in [0, 0.05) is 6.54 Å². The third-order valence-electron chi connectivity index (χ3n) is 3.11. The standard InChI is InChI=1S/C12H17NO/c1-13-8-7-11(9-12(13)14)10-5-3-2-4-6-10/h2-6,11-12,14H,7-9H2,1H3. The van der Waals surface area contributed by atoms with Crippen LogP contribution in [0.4, 0.5) is 0 Å². The fraction of sp³-hybridized carbons (Fsp3) is 0.500. The molecular weight excluding hydrogens is 174 g/mol. The predicted molar refractivity (Wildman–Crippen MR) is 57.1 cm³/mol. The summed E-state index contributed by atoms with van der Waals surface area (Å²) in [6, 6.07) is 10.5. The number of hydrogen-bond acceptors (Lipinski definition) is 2. The Balaban J connectivity index is 2.07. The zero-order chi connectivity index (χ0) is 9.97. The zero-order valence-corrected chi connectivity index (χ0v) is 8.56. The molecule has 0 bridgehead atoms. The summed E-state index contributed by atoms with van der Waals surface area (Å²) in [6.07, 6.45) is 1.74. The van der Waals surface area contributed by atoms with Crippen LogP contribution in [0.5, 0.6) is 0 Å². The number of aliphatic hydroxyl groups excluding tert-OH is 1. The first-order valence-corrected chi connectivity index (χ1v) is 5.20. The van der Waals surface area contributed by atoms with Crippen LogP contribution in [0.25, 0.3) is 0 Å². The molecule has 1 aromatic carbocycles. The Morgan fingerprint density at radius 2 is 2.00 bits per heavy atom. The van der Waals surface area contributed by atoms with E-state index in [-0.39, 0.29) is 6.23 Å². The Kier molecular flexibility index (Phi) is 2.85. The molecule has 1 saturated heterocycles. The van der Waals surface area contributed by atoms with E-state index in [0.29, 0.717) is 5.92 Å². The van der Waals surface area contributed by atoms with Gasteiger partial charge >= 0.3 is 0 Å². The van der Waals surface area contributed by atoms with Gasteiger partial charge in [0.05, 0.1) is 0 Å². The van der Waals surface area contributed by atoms with Gasteiger partial charge in [0.25, 0.3) is 0 Å². The Labute approximate surface area is 85.2 Å². The minimum atomic E-state index is -0.269. The molecule has 0 aliphatic carbocycles. The lowest BCUT2D eigenvalue weighted by atomic mass is 9.89. The topological polar surface area (TPSA) is 23.5 Å². The van der Waals surface area contributed by atoms with Gasteiger partial charge in [-0.2, -0.15) is 0 Å². The highest BCUT2D eigenvalue weighted by atomic mass is 16.3. The lowest BCUT2D eigenvalue weighted by Gasteiger charge is -2.33. The van der Waals surface area contributed by atoms with Gasteiger partial charge in [-0.1, -0.05) is 30.3 Å². The molecule has 0 aromatic heterocycles. The Bertz CT molecular complexity index is 286. The third kappa shape index (κ3) is 1.97. The normalized spacial score (nSPS) is 29.0. The van der Waals surface area contributed by atoms with Crippen molar-refractivity contribution in [2.24, 2.45) is 0 Å². The van der Waals surface area contributed by atoms with E-state index in [0.717, 1.165) is 19.4 Å². The summed E-state index contributed by atoms with van der Waals surface area (Å²) in [7, 11) is 1.98. The van der Waals surface area contributed by atoms with E-state index in [1.807, 2.05) is 18.0 Å². The fourth-order valence-electron chi connectivity index (χ4n) is 2.09. The number of hydrogen-bond donors (Lipinski definition) is 1. The second-order valence-electron chi connectivity index (χ2n) is 4.09. The molecule has 0 spiro atoms. The van der Waals surface area contributed by atoms with Crippen LogP contribution >= 0.6 is 0 Å². The maximum absolute atomic E-state index is 9.74. The summed E-state index contributed by atoms with van der Waals surface area (Å²) in [4.78, 5) is 2.01. The maximum atomic E-state index is 9.74. The quantitative estimate of drug-likeness (QED) is 0.732. The lowest BCUT2D eigenvalue weighted by Crippen LogP contribution is -2.38. The maximum Gasteiger partial charge on any atom is 0.107 e. The van der Waals surface area contributed by atoms with E-state index in [9.17, 15) is 5.11 Å². The van der Waals surface area contributed by atoms with Crippen LogP contribution in [0.15, 0.2) is 30.3 Å². The zero-order valence-electron chi connectivity index (χ0n) is 8.56. The van der Waals surface area contributed by atoms with Gasteiger partial charge in [-0.15, -0.1) is 0 Å². The van der Waals surface area contributed by atoms with Crippen molar-refractivity contribution in [2.45, 2.75) is 25.0 Å². The van der Waals surface area contributed by atoms with E-state index in [2.05, 4.69) is 24.3 Å². The smallest absolute Gasteiger partial charge is 0.107 e. The Morgan fingerprint density at radius 3 is 2.64 bits per heavy atom. The van der Waals surface area contributed by atoms with Crippen LogP contribution in [-0.4, -0.2) is 29.8 Å². The van der Waals surface area contributed by atoms with Crippen molar-refractivity contribution in [1.82, 2.24) is 4.90 Å². The first-order chi connectivity index (χ1) is 6.77. The highest BCUT2D eigenvalue weighted by molar-refractivity contribution is 5.20. The summed E-state index contributed by atoms with van der Waals surface area (Å²) in [6.45, 7) is 0.987. The molecule has 1 aliphatic heterocycles. The molecule has 2 atom stereocenters. The van der Waals surface area contributed by atoms with E-state index in [1.165, 1.54) is 5.56 Å². The number of piperidine rings is 1. The fourth-order valence-corrected chi connectivity index (χ4v) is 2.09. The number of likely N-dealkylation sites (tertiary alicyclic amines) is 1. The molecule has 0 radical (unpaired) electrons. The minimum absolute atomic E-state index is 0.269. The molecule has 1 fully saturated rings. The molecule has 2 heteroatoms. The molecule has 1 aliphatic rings. The second-order valence-corrected chi connectivity index (χ2v) is 4.09. The molecule has 2 nitrogen and oxygen atoms in total. The van der Waals surface area contributed by atoms with Crippen molar-refractivity contribution in [2.75, 3.05) is 13.6 Å². The lowest BCUT2D eigenvalue weighted by molar-refractivity contribution is -0.0134. The summed E-state index contributed by atoms with van der Waals surface area (Å²) < 4.78 is 0. The highest BCUT2D eigenvalue weighted by Crippen LogP contribution is 2.29. The van der Waals surface area contributed by atoms with E-state index in [1.54, 1.807) is 0 Å². The highest BCUT2D eigenvalue weighted by Gasteiger charge is 2.24. The summed E-state index contributed by atoms with van der Waals surface area (Å²) >= 11 is 0. The van der Waals surface area contributed by atoms with Gasteiger partial charge in [-0.05, 0) is 31.4 Å². The van der Waals surface area contributed by atoms with Crippen molar-refractivity contribution in [3.63, 3.8) is 0 Å². The Morgan fingerprint density at radius 1 is 1.29 bits per heavy atom. The predicted octanol–water partition coefficient (Wildman–Crippen LogP) is 1.81. The minimum Gasteiger partial charge on any atom is -0.378 e. The van der Waals surface area contributed by atoms with Gasteiger partial charge in [0.2, 0.25) is 0 Å². The SMILES string of the molecule is CN1CCC(c2ccccc2)CC1O. The van der Waals surface area contributed by atoms with Crippen LogP contribution in [0.2, 0.25) is 0 Å². The first kappa shape index (κ1) is 9.69. The van der Waals surface area contributed by atoms with Crippen molar-refractivity contribution < 1.29 is 5.11 Å². The van der Waals surface area contributed by atoms with Crippen LogP contribution in [0, 0.1) is 0 Å². The monoisotopic (exact) mass is 191 g/mol. The molecule has 0 amide bonds. The van der Waals surface area contributed by atoms with Gasteiger partial charge in [0.1, 0.15) is 6.23 Å². The summed E-state index contributed by atoms with van der Waals surface area (Å²) in [5.41, 5.74) is 1.36. The van der Waals surface area contributed by atoms with Crippen LogP contribution < -0.4 is 0 Å². The molecule has 2 rings (SSSR count). The average molecular weight is 191 g/mol. The van der Waals surface area contributed by atoms with E-state index in [4.69, 9.17) is 0 Å². The van der Waals surface area contributed by atoms with Crippen LogP contribution in [-0.2, 0) is 0 Å². The number of aliphatic hydroxyl groups is 1. The van der Waals surface area contributed by atoms with Gasteiger partial charge < -0.3 is 5.11 Å². The number of nitrogens with zero attached hydrogens (tertiary/aromatic N) is 1. The van der Waals surface area contributed by atoms with E-state index >= 15 is 0 Å². The van der Waals surface area contributed by atoms with Gasteiger partial charge in [-0.3, -0.25) is 4.90 Å². The molecule has 76 valence electrons. The molecule has 0 saturated carbocycles. The van der Waals surface area contributed by atoms with E-state index < -0.39 is 0 Å². The van der Waals surface area contributed by atoms with Crippen molar-refractivity contribution in [3.05, 3.63) is 35.9 Å². The molecular formula is C12H17NO. The first-order valence-electron chi connectivity index (χ1n) is 5.20. The largest absolute Gasteiger partial charge is 0.378 e.